The molecule has 6 nitrogen and oxygen atoms in total. The van der Waals surface area contributed by atoms with Crippen LogP contribution in [0.3, 0.4) is 0 Å². The summed E-state index contributed by atoms with van der Waals surface area (Å²) in [5.74, 6) is 0.638. The van der Waals surface area contributed by atoms with Crippen LogP contribution < -0.4 is 9.64 Å². The maximum atomic E-state index is 13.5. The minimum Gasteiger partial charge on any atom is -0.493 e. The number of rotatable bonds is 7. The van der Waals surface area contributed by atoms with Gasteiger partial charge in [0.1, 0.15) is 0 Å². The number of fused-ring (bicyclic) bond motifs is 2. The SMILES string of the molecule is COc1cccc2cc(C(=O)N(CCCN(C)C)c3nc4c(C)c(Cl)ccc4s3)oc12. The number of thiazole rings is 1. The van der Waals surface area contributed by atoms with Crippen molar-refractivity contribution in [3.05, 3.63) is 52.7 Å². The summed E-state index contributed by atoms with van der Waals surface area (Å²) in [6.07, 6.45) is 0.804. The number of anilines is 1. The molecular formula is C23H24ClN3O3S. The van der Waals surface area contributed by atoms with Crippen LogP contribution >= 0.6 is 22.9 Å². The van der Waals surface area contributed by atoms with Crippen molar-refractivity contribution in [1.82, 2.24) is 9.88 Å². The fourth-order valence-corrected chi connectivity index (χ4v) is 4.67. The summed E-state index contributed by atoms with van der Waals surface area (Å²) in [7, 11) is 5.61. The van der Waals surface area contributed by atoms with E-state index in [0.29, 0.717) is 28.0 Å². The fourth-order valence-electron chi connectivity index (χ4n) is 3.47. The third-order valence-corrected chi connectivity index (χ3v) is 6.59. The zero-order chi connectivity index (χ0) is 22.1. The molecule has 2 heterocycles. The monoisotopic (exact) mass is 457 g/mol. The molecular weight excluding hydrogens is 434 g/mol. The van der Waals surface area contributed by atoms with Crippen LogP contribution in [0, 0.1) is 6.92 Å². The summed E-state index contributed by atoms with van der Waals surface area (Å²) in [5, 5.41) is 2.12. The Hall–Kier alpha value is -2.61. The molecule has 0 radical (unpaired) electrons. The van der Waals surface area contributed by atoms with Crippen molar-refractivity contribution in [2.45, 2.75) is 13.3 Å². The molecule has 2 aromatic carbocycles. The number of carbonyl (C=O) groups excluding carboxylic acids is 1. The largest absolute Gasteiger partial charge is 0.493 e. The lowest BCUT2D eigenvalue weighted by molar-refractivity contribution is 0.0961. The van der Waals surface area contributed by atoms with Crippen molar-refractivity contribution < 1.29 is 13.9 Å². The Balaban J connectivity index is 1.74. The molecule has 0 aliphatic rings. The molecule has 31 heavy (non-hydrogen) atoms. The summed E-state index contributed by atoms with van der Waals surface area (Å²) in [6, 6.07) is 11.2. The van der Waals surface area contributed by atoms with Crippen molar-refractivity contribution in [3.8, 4) is 5.75 Å². The Labute approximate surface area is 190 Å². The highest BCUT2D eigenvalue weighted by atomic mass is 35.5. The Morgan fingerprint density at radius 2 is 2.03 bits per heavy atom. The minimum atomic E-state index is -0.222. The number of para-hydroxylation sites is 1. The average molecular weight is 458 g/mol. The Morgan fingerprint density at radius 3 is 2.77 bits per heavy atom. The van der Waals surface area contributed by atoms with Crippen LogP contribution in [0.5, 0.6) is 5.75 Å². The van der Waals surface area contributed by atoms with E-state index in [4.69, 9.17) is 25.7 Å². The zero-order valence-corrected chi connectivity index (χ0v) is 19.5. The highest BCUT2D eigenvalue weighted by Crippen LogP contribution is 2.35. The normalized spacial score (nSPS) is 11.5. The van der Waals surface area contributed by atoms with Gasteiger partial charge in [0.2, 0.25) is 0 Å². The van der Waals surface area contributed by atoms with Crippen molar-refractivity contribution in [2.75, 3.05) is 39.2 Å². The first-order chi connectivity index (χ1) is 14.9. The predicted molar refractivity (Wildman–Crippen MR) is 127 cm³/mol. The number of aryl methyl sites for hydroxylation is 1. The second kappa shape index (κ2) is 8.86. The Morgan fingerprint density at radius 1 is 1.23 bits per heavy atom. The van der Waals surface area contributed by atoms with Crippen molar-refractivity contribution >= 4 is 55.2 Å². The highest BCUT2D eigenvalue weighted by molar-refractivity contribution is 7.22. The maximum absolute atomic E-state index is 13.5. The van der Waals surface area contributed by atoms with Crippen LogP contribution in [-0.4, -0.2) is 50.1 Å². The first kappa shape index (κ1) is 21.6. The molecule has 0 atom stereocenters. The predicted octanol–water partition coefficient (Wildman–Crippen LogP) is 5.61. The van der Waals surface area contributed by atoms with Gasteiger partial charge >= 0.3 is 0 Å². The molecule has 0 unspecified atom stereocenters. The van der Waals surface area contributed by atoms with Gasteiger partial charge in [-0.3, -0.25) is 9.69 Å². The average Bonchev–Trinajstić information content (AvgIpc) is 3.37. The molecule has 4 rings (SSSR count). The molecule has 0 aliphatic heterocycles. The van der Waals surface area contributed by atoms with Gasteiger partial charge in [-0.1, -0.05) is 35.1 Å². The van der Waals surface area contributed by atoms with Crippen molar-refractivity contribution in [3.63, 3.8) is 0 Å². The number of ether oxygens (including phenoxy) is 1. The smallest absolute Gasteiger partial charge is 0.295 e. The Kier molecular flexibility index (Phi) is 6.18. The van der Waals surface area contributed by atoms with E-state index in [1.54, 1.807) is 18.1 Å². The number of furan rings is 1. The van der Waals surface area contributed by atoms with E-state index in [9.17, 15) is 4.79 Å². The molecule has 0 fully saturated rings. The molecule has 0 saturated carbocycles. The van der Waals surface area contributed by atoms with Gasteiger partial charge in [-0.05, 0) is 63.8 Å². The summed E-state index contributed by atoms with van der Waals surface area (Å²) in [6.45, 7) is 3.32. The van der Waals surface area contributed by atoms with Gasteiger partial charge in [0.15, 0.2) is 22.2 Å². The van der Waals surface area contributed by atoms with E-state index in [1.807, 2.05) is 51.4 Å². The molecule has 8 heteroatoms. The van der Waals surface area contributed by atoms with Crippen LogP contribution in [0.1, 0.15) is 22.5 Å². The van der Waals surface area contributed by atoms with Crippen LogP contribution in [0.4, 0.5) is 5.13 Å². The zero-order valence-electron chi connectivity index (χ0n) is 17.9. The number of benzene rings is 2. The van der Waals surface area contributed by atoms with Gasteiger partial charge in [0, 0.05) is 17.0 Å². The van der Waals surface area contributed by atoms with E-state index < -0.39 is 0 Å². The van der Waals surface area contributed by atoms with Gasteiger partial charge in [-0.25, -0.2) is 4.98 Å². The number of nitrogens with zero attached hydrogens (tertiary/aromatic N) is 3. The molecule has 4 aromatic rings. The number of hydrogen-bond acceptors (Lipinski definition) is 6. The summed E-state index contributed by atoms with van der Waals surface area (Å²) < 4.78 is 12.3. The maximum Gasteiger partial charge on any atom is 0.295 e. The van der Waals surface area contributed by atoms with Crippen LogP contribution in [0.25, 0.3) is 21.2 Å². The number of halogens is 1. The summed E-state index contributed by atoms with van der Waals surface area (Å²) >= 11 is 7.76. The second-order valence-electron chi connectivity index (χ2n) is 7.62. The van der Waals surface area contributed by atoms with Crippen molar-refractivity contribution in [2.24, 2.45) is 0 Å². The van der Waals surface area contributed by atoms with Gasteiger partial charge < -0.3 is 14.1 Å². The van der Waals surface area contributed by atoms with Gasteiger partial charge in [0.25, 0.3) is 5.91 Å². The molecule has 2 aromatic heterocycles. The lowest BCUT2D eigenvalue weighted by Crippen LogP contribution is -2.33. The highest BCUT2D eigenvalue weighted by Gasteiger charge is 2.25. The van der Waals surface area contributed by atoms with Gasteiger partial charge in [0.05, 0.1) is 17.3 Å². The van der Waals surface area contributed by atoms with Gasteiger partial charge in [-0.15, -0.1) is 0 Å². The fraction of sp³-hybridized carbons (Fsp3) is 0.304. The molecule has 0 bridgehead atoms. The molecule has 0 spiro atoms. The molecule has 1 amide bonds. The van der Waals surface area contributed by atoms with E-state index in [-0.39, 0.29) is 11.7 Å². The number of aromatic nitrogens is 1. The topological polar surface area (TPSA) is 58.8 Å². The lowest BCUT2D eigenvalue weighted by atomic mass is 10.2. The number of amides is 1. The number of carbonyl (C=O) groups is 1. The quantitative estimate of drug-likeness (QED) is 0.361. The molecule has 0 aliphatic carbocycles. The van der Waals surface area contributed by atoms with Gasteiger partial charge in [-0.2, -0.15) is 0 Å². The minimum absolute atomic E-state index is 0.222. The molecule has 0 N–H and O–H groups in total. The van der Waals surface area contributed by atoms with Crippen LogP contribution in [-0.2, 0) is 0 Å². The standard InChI is InChI=1S/C23H24ClN3O3S/c1-14-16(24)9-10-19-20(14)25-23(31-19)27(12-6-11-26(2)3)22(28)18-13-15-7-5-8-17(29-4)21(15)30-18/h5,7-10,13H,6,11-12H2,1-4H3. The third kappa shape index (κ3) is 4.26. The Bertz CT molecular complexity index is 1250. The molecule has 0 saturated heterocycles. The summed E-state index contributed by atoms with van der Waals surface area (Å²) in [5.41, 5.74) is 2.30. The number of hydrogen-bond donors (Lipinski definition) is 0. The second-order valence-corrected chi connectivity index (χ2v) is 9.03. The lowest BCUT2D eigenvalue weighted by Gasteiger charge is -2.19. The molecule has 162 valence electrons. The van der Waals surface area contributed by atoms with Crippen LogP contribution in [0.15, 0.2) is 40.8 Å². The van der Waals surface area contributed by atoms with E-state index in [2.05, 4.69) is 4.90 Å². The van der Waals surface area contributed by atoms with E-state index in [1.165, 1.54) is 11.3 Å². The van der Waals surface area contributed by atoms with Crippen molar-refractivity contribution in [1.29, 1.82) is 0 Å². The summed E-state index contributed by atoms with van der Waals surface area (Å²) in [4.78, 5) is 22.1. The number of methoxy groups -OCH3 is 1. The third-order valence-electron chi connectivity index (χ3n) is 5.14. The first-order valence-corrected chi connectivity index (χ1v) is 11.2. The van der Waals surface area contributed by atoms with Crippen LogP contribution in [0.2, 0.25) is 5.02 Å². The first-order valence-electron chi connectivity index (χ1n) is 9.98. The van der Waals surface area contributed by atoms with E-state index in [0.717, 1.165) is 34.1 Å². The van der Waals surface area contributed by atoms with E-state index >= 15 is 0 Å².